The summed E-state index contributed by atoms with van der Waals surface area (Å²) in [5.41, 5.74) is 3.87. The quantitative estimate of drug-likeness (QED) is 0.713. The van der Waals surface area contributed by atoms with E-state index in [1.165, 1.54) is 54.0 Å². The summed E-state index contributed by atoms with van der Waals surface area (Å²) in [6.45, 7) is 5.64. The zero-order valence-corrected chi connectivity index (χ0v) is 12.6. The van der Waals surface area contributed by atoms with Gasteiger partial charge in [-0.3, -0.25) is 9.30 Å². The molecule has 1 fully saturated rings. The SMILES string of the molecule is Cc1nc2sc3ccccc3n2c1CN1CCCCC1. The molecule has 2 aromatic heterocycles. The van der Waals surface area contributed by atoms with Gasteiger partial charge in [-0.05, 0) is 45.0 Å². The maximum Gasteiger partial charge on any atom is 0.195 e. The van der Waals surface area contributed by atoms with Crippen LogP contribution in [0.4, 0.5) is 0 Å². The summed E-state index contributed by atoms with van der Waals surface area (Å²) in [6, 6.07) is 8.62. The Balaban J connectivity index is 1.82. The topological polar surface area (TPSA) is 20.5 Å². The Morgan fingerprint density at radius 2 is 1.95 bits per heavy atom. The highest BCUT2D eigenvalue weighted by molar-refractivity contribution is 7.23. The predicted molar refractivity (Wildman–Crippen MR) is 84.4 cm³/mol. The van der Waals surface area contributed by atoms with Crippen LogP contribution in [-0.4, -0.2) is 27.4 Å². The Labute approximate surface area is 122 Å². The normalized spacial score (nSPS) is 17.2. The third-order valence-corrected chi connectivity index (χ3v) is 5.29. The highest BCUT2D eigenvalue weighted by atomic mass is 32.1. The highest BCUT2D eigenvalue weighted by Gasteiger charge is 2.18. The van der Waals surface area contributed by atoms with Gasteiger partial charge in [0, 0.05) is 6.54 Å². The van der Waals surface area contributed by atoms with E-state index in [2.05, 4.69) is 40.5 Å². The molecule has 0 spiro atoms. The Morgan fingerprint density at radius 3 is 2.80 bits per heavy atom. The van der Waals surface area contributed by atoms with E-state index in [0.29, 0.717) is 0 Å². The fourth-order valence-electron chi connectivity index (χ4n) is 3.19. The third-order valence-electron chi connectivity index (χ3n) is 4.27. The summed E-state index contributed by atoms with van der Waals surface area (Å²) < 4.78 is 3.69. The number of hydrogen-bond acceptors (Lipinski definition) is 3. The monoisotopic (exact) mass is 285 g/mol. The first-order chi connectivity index (χ1) is 9.83. The van der Waals surface area contributed by atoms with Gasteiger partial charge in [0.2, 0.25) is 0 Å². The molecule has 3 nitrogen and oxygen atoms in total. The molecule has 0 N–H and O–H groups in total. The number of imidazole rings is 1. The molecule has 1 saturated heterocycles. The molecule has 0 saturated carbocycles. The smallest absolute Gasteiger partial charge is 0.195 e. The second-order valence-corrected chi connectivity index (χ2v) is 6.68. The third kappa shape index (κ3) is 1.95. The second kappa shape index (κ2) is 4.86. The first-order valence-electron chi connectivity index (χ1n) is 7.41. The number of hydrogen-bond donors (Lipinski definition) is 0. The van der Waals surface area contributed by atoms with Crippen molar-refractivity contribution in [1.82, 2.24) is 14.3 Å². The van der Waals surface area contributed by atoms with Gasteiger partial charge in [0.05, 0.1) is 21.6 Å². The van der Waals surface area contributed by atoms with Gasteiger partial charge in [0.25, 0.3) is 0 Å². The van der Waals surface area contributed by atoms with Gasteiger partial charge < -0.3 is 0 Å². The van der Waals surface area contributed by atoms with Crippen molar-refractivity contribution in [3.8, 4) is 0 Å². The van der Waals surface area contributed by atoms with Gasteiger partial charge in [-0.2, -0.15) is 0 Å². The minimum absolute atomic E-state index is 1.04. The Hall–Kier alpha value is -1.39. The number of piperidine rings is 1. The molecule has 0 unspecified atom stereocenters. The Bertz CT molecular complexity index is 750. The zero-order valence-electron chi connectivity index (χ0n) is 11.8. The highest BCUT2D eigenvalue weighted by Crippen LogP contribution is 2.29. The molecule has 104 valence electrons. The lowest BCUT2D eigenvalue weighted by Crippen LogP contribution is -2.29. The van der Waals surface area contributed by atoms with Crippen LogP contribution in [-0.2, 0) is 6.54 Å². The molecule has 20 heavy (non-hydrogen) atoms. The summed E-state index contributed by atoms with van der Waals surface area (Å²) in [5, 5.41) is 0. The van der Waals surface area contributed by atoms with Crippen molar-refractivity contribution < 1.29 is 0 Å². The molecule has 1 aliphatic heterocycles. The van der Waals surface area contributed by atoms with Crippen LogP contribution in [0.15, 0.2) is 24.3 Å². The Morgan fingerprint density at radius 1 is 1.15 bits per heavy atom. The maximum atomic E-state index is 4.77. The summed E-state index contributed by atoms with van der Waals surface area (Å²) in [4.78, 5) is 8.48. The lowest BCUT2D eigenvalue weighted by molar-refractivity contribution is 0.218. The Kier molecular flexibility index (Phi) is 3.00. The molecule has 3 heterocycles. The van der Waals surface area contributed by atoms with Crippen LogP contribution in [0.5, 0.6) is 0 Å². The molecule has 0 atom stereocenters. The average Bonchev–Trinajstić information content (AvgIpc) is 2.97. The number of aryl methyl sites for hydroxylation is 1. The fraction of sp³-hybridized carbons (Fsp3) is 0.438. The number of aromatic nitrogens is 2. The molecule has 4 rings (SSSR count). The molecular weight excluding hydrogens is 266 g/mol. The second-order valence-electron chi connectivity index (χ2n) is 5.67. The van der Waals surface area contributed by atoms with Gasteiger partial charge in [-0.1, -0.05) is 29.9 Å². The van der Waals surface area contributed by atoms with Crippen molar-refractivity contribution in [1.29, 1.82) is 0 Å². The van der Waals surface area contributed by atoms with Gasteiger partial charge >= 0.3 is 0 Å². The van der Waals surface area contributed by atoms with Crippen LogP contribution in [0.2, 0.25) is 0 Å². The lowest BCUT2D eigenvalue weighted by atomic mass is 10.1. The predicted octanol–water partition coefficient (Wildman–Crippen LogP) is 3.84. The van der Waals surface area contributed by atoms with E-state index in [1.807, 2.05) is 0 Å². The fourth-order valence-corrected chi connectivity index (χ4v) is 4.28. The number of benzene rings is 1. The average molecular weight is 285 g/mol. The molecular formula is C16H19N3S. The van der Waals surface area contributed by atoms with E-state index in [-0.39, 0.29) is 0 Å². The number of rotatable bonds is 2. The van der Waals surface area contributed by atoms with Crippen molar-refractivity contribution in [2.45, 2.75) is 32.7 Å². The van der Waals surface area contributed by atoms with E-state index in [0.717, 1.165) is 11.5 Å². The van der Waals surface area contributed by atoms with Crippen molar-refractivity contribution in [2.75, 3.05) is 13.1 Å². The van der Waals surface area contributed by atoms with Gasteiger partial charge in [-0.25, -0.2) is 4.98 Å². The lowest BCUT2D eigenvalue weighted by Gasteiger charge is -2.26. The molecule has 1 aliphatic rings. The maximum absolute atomic E-state index is 4.77. The summed E-state index contributed by atoms with van der Waals surface area (Å²) in [5.74, 6) is 0. The zero-order chi connectivity index (χ0) is 13.5. The van der Waals surface area contributed by atoms with Gasteiger partial charge in [0.1, 0.15) is 0 Å². The number of nitrogens with zero attached hydrogens (tertiary/aromatic N) is 3. The first-order valence-corrected chi connectivity index (χ1v) is 8.22. The summed E-state index contributed by atoms with van der Waals surface area (Å²) in [7, 11) is 0. The number of para-hydroxylation sites is 1. The van der Waals surface area contributed by atoms with Crippen LogP contribution in [0.3, 0.4) is 0 Å². The van der Waals surface area contributed by atoms with E-state index in [4.69, 9.17) is 4.98 Å². The molecule has 0 bridgehead atoms. The first kappa shape index (κ1) is 12.4. The molecule has 0 amide bonds. The van der Waals surface area contributed by atoms with Gasteiger partial charge in [0.15, 0.2) is 4.96 Å². The minimum atomic E-state index is 1.04. The minimum Gasteiger partial charge on any atom is -0.298 e. The van der Waals surface area contributed by atoms with E-state index in [1.54, 1.807) is 11.3 Å². The number of thiazole rings is 1. The van der Waals surface area contributed by atoms with Crippen LogP contribution >= 0.6 is 11.3 Å². The van der Waals surface area contributed by atoms with E-state index in [9.17, 15) is 0 Å². The van der Waals surface area contributed by atoms with Crippen molar-refractivity contribution in [3.63, 3.8) is 0 Å². The van der Waals surface area contributed by atoms with E-state index < -0.39 is 0 Å². The summed E-state index contributed by atoms with van der Waals surface area (Å²) >= 11 is 1.79. The van der Waals surface area contributed by atoms with Gasteiger partial charge in [-0.15, -0.1) is 0 Å². The largest absolute Gasteiger partial charge is 0.298 e. The van der Waals surface area contributed by atoms with Crippen LogP contribution in [0, 0.1) is 6.92 Å². The molecule has 0 radical (unpaired) electrons. The van der Waals surface area contributed by atoms with Crippen LogP contribution < -0.4 is 0 Å². The molecule has 3 aromatic rings. The van der Waals surface area contributed by atoms with Crippen molar-refractivity contribution >= 4 is 26.5 Å². The van der Waals surface area contributed by atoms with Crippen LogP contribution in [0.1, 0.15) is 30.7 Å². The molecule has 0 aliphatic carbocycles. The molecule has 4 heteroatoms. The van der Waals surface area contributed by atoms with Crippen molar-refractivity contribution in [3.05, 3.63) is 35.7 Å². The summed E-state index contributed by atoms with van der Waals surface area (Å²) in [6.07, 6.45) is 4.06. The number of fused-ring (bicyclic) bond motifs is 3. The molecule has 1 aromatic carbocycles. The number of likely N-dealkylation sites (tertiary alicyclic amines) is 1. The van der Waals surface area contributed by atoms with Crippen LogP contribution in [0.25, 0.3) is 15.2 Å². The van der Waals surface area contributed by atoms with Crippen molar-refractivity contribution in [2.24, 2.45) is 0 Å². The van der Waals surface area contributed by atoms with E-state index >= 15 is 0 Å². The standard InChI is InChI=1S/C16H19N3S/c1-12-14(11-18-9-5-2-6-10-18)19-13-7-3-4-8-15(13)20-16(19)17-12/h3-4,7-8H,2,5-6,9-11H2,1H3.